The summed E-state index contributed by atoms with van der Waals surface area (Å²) in [5, 5.41) is 3.01. The predicted octanol–water partition coefficient (Wildman–Crippen LogP) is 5.44. The molecule has 0 radical (unpaired) electrons. The summed E-state index contributed by atoms with van der Waals surface area (Å²) in [4.78, 5) is 12.0. The molecule has 0 bridgehead atoms. The Bertz CT molecular complexity index is 935. The molecule has 3 aromatic carbocycles. The summed E-state index contributed by atoms with van der Waals surface area (Å²) in [6, 6.07) is 20.1. The molecule has 1 N–H and O–H groups in total. The number of rotatable bonds is 7. The van der Waals surface area contributed by atoms with Gasteiger partial charge in [0.05, 0.1) is 7.11 Å². The Morgan fingerprint density at radius 1 is 0.926 bits per heavy atom. The van der Waals surface area contributed by atoms with Gasteiger partial charge in [-0.2, -0.15) is 0 Å². The molecule has 27 heavy (non-hydrogen) atoms. The average Bonchev–Trinajstić information content (AvgIpc) is 2.70. The van der Waals surface area contributed by atoms with Gasteiger partial charge in [-0.3, -0.25) is 4.79 Å². The largest absolute Gasteiger partial charge is 0.493 e. The van der Waals surface area contributed by atoms with E-state index in [-0.39, 0.29) is 11.6 Å². The third-order valence-electron chi connectivity index (χ3n) is 3.76. The maximum Gasteiger partial charge on any atom is 0.187 e. The van der Waals surface area contributed by atoms with Crippen LogP contribution < -0.4 is 14.8 Å². The number of halogens is 1. The summed E-state index contributed by atoms with van der Waals surface area (Å²) < 4.78 is 23.9. The molecule has 0 aliphatic rings. The summed E-state index contributed by atoms with van der Waals surface area (Å²) >= 11 is 0. The molecule has 0 amide bonds. The van der Waals surface area contributed by atoms with E-state index in [0.29, 0.717) is 22.8 Å². The maximum atomic E-state index is 12.9. The molecule has 0 saturated heterocycles. The van der Waals surface area contributed by atoms with Crippen LogP contribution in [0.4, 0.5) is 10.1 Å². The van der Waals surface area contributed by atoms with Crippen LogP contribution in [-0.4, -0.2) is 12.9 Å². The highest BCUT2D eigenvalue weighted by molar-refractivity contribution is 6.04. The summed E-state index contributed by atoms with van der Waals surface area (Å²) in [6.07, 6.45) is 2.94. The number of allylic oxidation sites excluding steroid dienone is 1. The van der Waals surface area contributed by atoms with Crippen LogP contribution in [0.2, 0.25) is 0 Å². The number of benzene rings is 3. The van der Waals surface area contributed by atoms with E-state index in [9.17, 15) is 9.18 Å². The number of hydrogen-bond acceptors (Lipinski definition) is 4. The van der Waals surface area contributed by atoms with E-state index in [1.807, 2.05) is 48.5 Å². The molecule has 0 atom stereocenters. The molecule has 3 rings (SSSR count). The van der Waals surface area contributed by atoms with Gasteiger partial charge in [0.1, 0.15) is 11.6 Å². The second kappa shape index (κ2) is 8.67. The highest BCUT2D eigenvalue weighted by Crippen LogP contribution is 2.31. The Morgan fingerprint density at radius 2 is 1.59 bits per heavy atom. The minimum Gasteiger partial charge on any atom is -0.493 e. The zero-order valence-corrected chi connectivity index (χ0v) is 14.7. The smallest absolute Gasteiger partial charge is 0.187 e. The Balaban J connectivity index is 1.59. The van der Waals surface area contributed by atoms with Crippen LogP contribution in [0.1, 0.15) is 10.4 Å². The monoisotopic (exact) mass is 363 g/mol. The lowest BCUT2D eigenvalue weighted by atomic mass is 10.1. The van der Waals surface area contributed by atoms with Gasteiger partial charge >= 0.3 is 0 Å². The minimum atomic E-state index is -0.371. The molecule has 0 aliphatic heterocycles. The maximum absolute atomic E-state index is 12.9. The van der Waals surface area contributed by atoms with Crippen LogP contribution in [-0.2, 0) is 0 Å². The van der Waals surface area contributed by atoms with E-state index >= 15 is 0 Å². The predicted molar refractivity (Wildman–Crippen MR) is 103 cm³/mol. The van der Waals surface area contributed by atoms with Gasteiger partial charge in [0, 0.05) is 23.5 Å². The normalized spacial score (nSPS) is 10.6. The lowest BCUT2D eigenvalue weighted by Gasteiger charge is -2.10. The molecule has 0 fully saturated rings. The number of ketones is 1. The van der Waals surface area contributed by atoms with Crippen molar-refractivity contribution in [3.63, 3.8) is 0 Å². The lowest BCUT2D eigenvalue weighted by molar-refractivity contribution is 0.104. The van der Waals surface area contributed by atoms with Crippen LogP contribution in [0.25, 0.3) is 0 Å². The van der Waals surface area contributed by atoms with Gasteiger partial charge in [-0.05, 0) is 60.7 Å². The van der Waals surface area contributed by atoms with E-state index in [0.717, 1.165) is 5.69 Å². The Hall–Kier alpha value is -3.60. The Labute approximate surface area is 156 Å². The van der Waals surface area contributed by atoms with Gasteiger partial charge in [-0.1, -0.05) is 12.1 Å². The fourth-order valence-electron chi connectivity index (χ4n) is 2.37. The van der Waals surface area contributed by atoms with Crippen molar-refractivity contribution in [1.29, 1.82) is 0 Å². The molecule has 4 nitrogen and oxygen atoms in total. The van der Waals surface area contributed by atoms with E-state index in [1.165, 1.54) is 30.3 Å². The summed E-state index contributed by atoms with van der Waals surface area (Å²) in [7, 11) is 1.59. The van der Waals surface area contributed by atoms with Crippen molar-refractivity contribution in [2.24, 2.45) is 0 Å². The van der Waals surface area contributed by atoms with Crippen molar-refractivity contribution in [3.05, 3.63) is 96.5 Å². The molecule has 0 saturated carbocycles. The quantitative estimate of drug-likeness (QED) is 0.449. The van der Waals surface area contributed by atoms with Crippen LogP contribution in [0.15, 0.2) is 85.1 Å². The fourth-order valence-corrected chi connectivity index (χ4v) is 2.37. The second-order valence-electron chi connectivity index (χ2n) is 5.63. The van der Waals surface area contributed by atoms with E-state index < -0.39 is 0 Å². The Kier molecular flexibility index (Phi) is 5.84. The number of anilines is 1. The van der Waals surface area contributed by atoms with E-state index in [4.69, 9.17) is 9.47 Å². The first-order valence-electron chi connectivity index (χ1n) is 8.29. The first kappa shape index (κ1) is 18.2. The molecule has 0 heterocycles. The second-order valence-corrected chi connectivity index (χ2v) is 5.63. The van der Waals surface area contributed by atoms with Crippen molar-refractivity contribution in [3.8, 4) is 17.2 Å². The molecule has 0 unspecified atom stereocenters. The van der Waals surface area contributed by atoms with Gasteiger partial charge in [0.2, 0.25) is 0 Å². The van der Waals surface area contributed by atoms with Gasteiger partial charge in [-0.25, -0.2) is 4.39 Å². The van der Waals surface area contributed by atoms with Crippen molar-refractivity contribution in [1.82, 2.24) is 0 Å². The van der Waals surface area contributed by atoms with Crippen molar-refractivity contribution in [2.45, 2.75) is 0 Å². The zero-order valence-electron chi connectivity index (χ0n) is 14.7. The number of hydrogen-bond donors (Lipinski definition) is 1. The molecule has 3 aromatic rings. The van der Waals surface area contributed by atoms with Gasteiger partial charge in [0.15, 0.2) is 17.3 Å². The molecule has 136 valence electrons. The van der Waals surface area contributed by atoms with E-state index in [1.54, 1.807) is 13.3 Å². The number of methoxy groups -OCH3 is 1. The third kappa shape index (κ3) is 4.95. The number of para-hydroxylation sites is 2. The van der Waals surface area contributed by atoms with Crippen molar-refractivity contribution < 1.29 is 18.7 Å². The SMILES string of the molecule is COc1ccccc1Oc1ccc(NC=CC(=O)c2ccc(F)cc2)cc1. The van der Waals surface area contributed by atoms with Crippen LogP contribution in [0.3, 0.4) is 0 Å². The minimum absolute atomic E-state index is 0.210. The molecule has 5 heteroatoms. The van der Waals surface area contributed by atoms with Crippen molar-refractivity contribution in [2.75, 3.05) is 12.4 Å². The first-order valence-corrected chi connectivity index (χ1v) is 8.29. The van der Waals surface area contributed by atoms with Gasteiger partial charge in [-0.15, -0.1) is 0 Å². The fraction of sp³-hybridized carbons (Fsp3) is 0.0455. The van der Waals surface area contributed by atoms with E-state index in [2.05, 4.69) is 5.32 Å². The standard InChI is InChI=1S/C22H18FNO3/c1-26-21-4-2-3-5-22(21)27-19-12-10-18(11-13-19)24-15-14-20(25)16-6-8-17(23)9-7-16/h2-15,24H,1H3. The van der Waals surface area contributed by atoms with Crippen LogP contribution in [0.5, 0.6) is 17.2 Å². The third-order valence-corrected chi connectivity index (χ3v) is 3.76. The van der Waals surface area contributed by atoms with Crippen LogP contribution in [0, 0.1) is 5.82 Å². The zero-order chi connectivity index (χ0) is 19.1. The first-order chi connectivity index (χ1) is 13.2. The van der Waals surface area contributed by atoms with Crippen molar-refractivity contribution >= 4 is 11.5 Å². The topological polar surface area (TPSA) is 47.6 Å². The number of ether oxygens (including phenoxy) is 2. The number of nitrogens with one attached hydrogen (secondary N) is 1. The van der Waals surface area contributed by atoms with Gasteiger partial charge < -0.3 is 14.8 Å². The van der Waals surface area contributed by atoms with Gasteiger partial charge in [0.25, 0.3) is 0 Å². The lowest BCUT2D eigenvalue weighted by Crippen LogP contribution is -1.96. The molecular weight excluding hydrogens is 345 g/mol. The summed E-state index contributed by atoms with van der Waals surface area (Å²) in [6.45, 7) is 0. The molecule has 0 spiro atoms. The molecular formula is C22H18FNO3. The summed E-state index contributed by atoms with van der Waals surface area (Å²) in [5.74, 6) is 1.37. The van der Waals surface area contributed by atoms with Crippen LogP contribution >= 0.6 is 0 Å². The number of carbonyl (C=O) groups excluding carboxylic acids is 1. The Morgan fingerprint density at radius 3 is 2.26 bits per heavy atom. The summed E-state index contributed by atoms with van der Waals surface area (Å²) in [5.41, 5.74) is 1.22. The highest BCUT2D eigenvalue weighted by atomic mass is 19.1. The average molecular weight is 363 g/mol. The number of carbonyl (C=O) groups is 1. The molecule has 0 aliphatic carbocycles. The molecule has 0 aromatic heterocycles. The highest BCUT2D eigenvalue weighted by Gasteiger charge is 2.04.